The van der Waals surface area contributed by atoms with Gasteiger partial charge in [0.1, 0.15) is 0 Å². The molecule has 0 aliphatic heterocycles. The molecule has 0 atom stereocenters. The Hall–Kier alpha value is -1.75. The molecule has 0 radical (unpaired) electrons. The number of rotatable bonds is 5. The van der Waals surface area contributed by atoms with E-state index in [9.17, 15) is 0 Å². The number of aromatic nitrogens is 4. The van der Waals surface area contributed by atoms with Crippen LogP contribution in [0.3, 0.4) is 0 Å². The third-order valence-corrected chi connectivity index (χ3v) is 2.94. The number of nitrogens with one attached hydrogen (secondary N) is 1. The second-order valence-corrected chi connectivity index (χ2v) is 4.61. The average molecular weight is 245 g/mol. The number of likely N-dealkylation sites (N-methyl/N-ethyl adjacent to an activating group) is 1. The zero-order valence-corrected chi connectivity index (χ0v) is 11.1. The molecule has 5 heteroatoms. The third kappa shape index (κ3) is 2.73. The van der Waals surface area contributed by atoms with E-state index >= 15 is 0 Å². The third-order valence-electron chi connectivity index (χ3n) is 2.94. The molecule has 1 aromatic heterocycles. The maximum absolute atomic E-state index is 4.05. The summed E-state index contributed by atoms with van der Waals surface area (Å²) >= 11 is 0. The molecule has 0 spiro atoms. The first-order valence-corrected chi connectivity index (χ1v) is 6.24. The van der Waals surface area contributed by atoms with Crippen LogP contribution in [0.25, 0.3) is 5.69 Å². The van der Waals surface area contributed by atoms with E-state index in [2.05, 4.69) is 59.0 Å². The van der Waals surface area contributed by atoms with E-state index in [0.717, 1.165) is 24.5 Å². The number of hydrogen-bond donors (Lipinski definition) is 1. The van der Waals surface area contributed by atoms with Crippen LogP contribution in [0, 0.1) is 0 Å². The summed E-state index contributed by atoms with van der Waals surface area (Å²) in [5.74, 6) is 1.42. The normalized spacial score (nSPS) is 11.1. The van der Waals surface area contributed by atoms with E-state index in [4.69, 9.17) is 0 Å². The fourth-order valence-electron chi connectivity index (χ4n) is 1.80. The van der Waals surface area contributed by atoms with Crippen molar-refractivity contribution in [3.05, 3.63) is 35.7 Å². The molecular formula is C13H19N5. The van der Waals surface area contributed by atoms with Gasteiger partial charge in [-0.3, -0.25) is 0 Å². The lowest BCUT2D eigenvalue weighted by molar-refractivity contribution is 0.715. The van der Waals surface area contributed by atoms with Gasteiger partial charge in [-0.15, -0.1) is 5.10 Å². The monoisotopic (exact) mass is 245 g/mol. The Morgan fingerprint density at radius 1 is 1.22 bits per heavy atom. The van der Waals surface area contributed by atoms with Crippen molar-refractivity contribution < 1.29 is 0 Å². The highest BCUT2D eigenvalue weighted by Gasteiger charge is 2.08. The Labute approximate surface area is 107 Å². The molecule has 1 heterocycles. The fourth-order valence-corrected chi connectivity index (χ4v) is 1.80. The predicted molar refractivity (Wildman–Crippen MR) is 70.9 cm³/mol. The summed E-state index contributed by atoms with van der Waals surface area (Å²) in [6.07, 6.45) is 0.815. The van der Waals surface area contributed by atoms with Crippen molar-refractivity contribution in [1.82, 2.24) is 25.5 Å². The van der Waals surface area contributed by atoms with E-state index in [-0.39, 0.29) is 0 Å². The molecule has 0 unspecified atom stereocenters. The Balaban J connectivity index is 2.23. The smallest absolute Gasteiger partial charge is 0.157 e. The van der Waals surface area contributed by atoms with Crippen molar-refractivity contribution in [1.29, 1.82) is 0 Å². The standard InChI is InChI=1S/C13H19N5/c1-10(2)11-4-6-12(7-5-11)18-13(8-9-14-3)15-16-17-18/h4-7,10,14H,8-9H2,1-3H3. The van der Waals surface area contributed by atoms with Crippen LogP contribution in [0.4, 0.5) is 0 Å². The minimum absolute atomic E-state index is 0.539. The number of hydrogen-bond acceptors (Lipinski definition) is 4. The molecule has 5 nitrogen and oxygen atoms in total. The molecule has 18 heavy (non-hydrogen) atoms. The lowest BCUT2D eigenvalue weighted by atomic mass is 10.0. The highest BCUT2D eigenvalue weighted by molar-refractivity contribution is 5.35. The van der Waals surface area contributed by atoms with Crippen LogP contribution in [0.2, 0.25) is 0 Å². The van der Waals surface area contributed by atoms with E-state index < -0.39 is 0 Å². The van der Waals surface area contributed by atoms with Crippen LogP contribution in [0.1, 0.15) is 31.2 Å². The second kappa shape index (κ2) is 5.73. The zero-order chi connectivity index (χ0) is 13.0. The Morgan fingerprint density at radius 2 is 1.94 bits per heavy atom. The highest BCUT2D eigenvalue weighted by atomic mass is 15.5. The summed E-state index contributed by atoms with van der Waals surface area (Å²) in [5.41, 5.74) is 2.33. The largest absolute Gasteiger partial charge is 0.319 e. The highest BCUT2D eigenvalue weighted by Crippen LogP contribution is 2.16. The Morgan fingerprint density at radius 3 is 2.56 bits per heavy atom. The van der Waals surface area contributed by atoms with Crippen LogP contribution in [-0.2, 0) is 6.42 Å². The minimum atomic E-state index is 0.539. The molecule has 0 fully saturated rings. The van der Waals surface area contributed by atoms with Gasteiger partial charge in [-0.05, 0) is 41.1 Å². The van der Waals surface area contributed by atoms with Gasteiger partial charge in [-0.25, -0.2) is 0 Å². The molecule has 0 amide bonds. The van der Waals surface area contributed by atoms with Gasteiger partial charge in [0.25, 0.3) is 0 Å². The summed E-state index contributed by atoms with van der Waals surface area (Å²) < 4.78 is 1.79. The average Bonchev–Trinajstić information content (AvgIpc) is 2.84. The molecular weight excluding hydrogens is 226 g/mol. The van der Waals surface area contributed by atoms with Gasteiger partial charge in [0.15, 0.2) is 5.82 Å². The second-order valence-electron chi connectivity index (χ2n) is 4.61. The van der Waals surface area contributed by atoms with Crippen LogP contribution >= 0.6 is 0 Å². The Bertz CT molecular complexity index is 486. The van der Waals surface area contributed by atoms with Gasteiger partial charge in [-0.1, -0.05) is 26.0 Å². The molecule has 0 saturated carbocycles. The lowest BCUT2D eigenvalue weighted by Crippen LogP contribution is -2.14. The van der Waals surface area contributed by atoms with Gasteiger partial charge in [0.2, 0.25) is 0 Å². The minimum Gasteiger partial charge on any atom is -0.319 e. The van der Waals surface area contributed by atoms with Crippen LogP contribution < -0.4 is 5.32 Å². The molecule has 0 aliphatic rings. The van der Waals surface area contributed by atoms with Crippen LogP contribution in [-0.4, -0.2) is 33.8 Å². The van der Waals surface area contributed by atoms with Crippen molar-refractivity contribution in [2.24, 2.45) is 0 Å². The first kappa shape index (κ1) is 12.7. The SMILES string of the molecule is CNCCc1nnnn1-c1ccc(C(C)C)cc1. The predicted octanol–water partition coefficient (Wildman–Crippen LogP) is 1.55. The molecule has 96 valence electrons. The quantitative estimate of drug-likeness (QED) is 0.868. The molecule has 1 N–H and O–H groups in total. The molecule has 1 aromatic carbocycles. The summed E-state index contributed by atoms with van der Waals surface area (Å²) in [5, 5.41) is 14.9. The van der Waals surface area contributed by atoms with Crippen LogP contribution in [0.15, 0.2) is 24.3 Å². The van der Waals surface area contributed by atoms with Gasteiger partial charge in [0, 0.05) is 13.0 Å². The van der Waals surface area contributed by atoms with Crippen molar-refractivity contribution in [2.75, 3.05) is 13.6 Å². The molecule has 2 aromatic rings. The summed E-state index contributed by atoms with van der Waals surface area (Å²) in [6.45, 7) is 5.24. The van der Waals surface area contributed by atoms with E-state index in [1.807, 2.05) is 7.05 Å². The van der Waals surface area contributed by atoms with Crippen molar-refractivity contribution in [3.8, 4) is 5.69 Å². The van der Waals surface area contributed by atoms with Gasteiger partial charge in [0.05, 0.1) is 5.69 Å². The van der Waals surface area contributed by atoms with Crippen molar-refractivity contribution in [2.45, 2.75) is 26.2 Å². The maximum atomic E-state index is 4.05. The first-order chi connectivity index (χ1) is 8.72. The van der Waals surface area contributed by atoms with E-state index in [1.165, 1.54) is 5.56 Å². The number of tetrazole rings is 1. The number of nitrogens with zero attached hydrogens (tertiary/aromatic N) is 4. The molecule has 0 saturated heterocycles. The number of benzene rings is 1. The van der Waals surface area contributed by atoms with E-state index in [0.29, 0.717) is 5.92 Å². The van der Waals surface area contributed by atoms with Gasteiger partial charge >= 0.3 is 0 Å². The summed E-state index contributed by atoms with van der Waals surface area (Å²) in [7, 11) is 1.92. The summed E-state index contributed by atoms with van der Waals surface area (Å²) in [4.78, 5) is 0. The maximum Gasteiger partial charge on any atom is 0.157 e. The lowest BCUT2D eigenvalue weighted by Gasteiger charge is -2.08. The van der Waals surface area contributed by atoms with Gasteiger partial charge in [-0.2, -0.15) is 4.68 Å². The zero-order valence-electron chi connectivity index (χ0n) is 11.1. The molecule has 0 aliphatic carbocycles. The molecule has 2 rings (SSSR count). The fraction of sp³-hybridized carbons (Fsp3) is 0.462. The Kier molecular flexibility index (Phi) is 4.04. The van der Waals surface area contributed by atoms with Crippen LogP contribution in [0.5, 0.6) is 0 Å². The first-order valence-electron chi connectivity index (χ1n) is 6.24. The van der Waals surface area contributed by atoms with E-state index in [1.54, 1.807) is 4.68 Å². The molecule has 0 bridgehead atoms. The van der Waals surface area contributed by atoms with Gasteiger partial charge < -0.3 is 5.32 Å². The summed E-state index contributed by atoms with van der Waals surface area (Å²) in [6, 6.07) is 8.39. The topological polar surface area (TPSA) is 55.6 Å². The van der Waals surface area contributed by atoms with Crippen molar-refractivity contribution >= 4 is 0 Å². The van der Waals surface area contributed by atoms with Crippen molar-refractivity contribution in [3.63, 3.8) is 0 Å².